The Balaban J connectivity index is 1.51. The van der Waals surface area contributed by atoms with Gasteiger partial charge in [-0.2, -0.15) is 0 Å². The fourth-order valence-corrected chi connectivity index (χ4v) is 4.06. The van der Waals surface area contributed by atoms with Crippen LogP contribution in [0.5, 0.6) is 0 Å². The van der Waals surface area contributed by atoms with Gasteiger partial charge < -0.3 is 9.73 Å². The molecule has 1 amide bonds. The van der Waals surface area contributed by atoms with Crippen LogP contribution in [0, 0.1) is 0 Å². The maximum Gasteiger partial charge on any atom is 0.257 e. The molecule has 0 atom stereocenters. The van der Waals surface area contributed by atoms with Crippen LogP contribution >= 0.6 is 34.8 Å². The van der Waals surface area contributed by atoms with Crippen LogP contribution in [0.2, 0.25) is 15.1 Å². The first-order chi connectivity index (χ1) is 15.0. The minimum atomic E-state index is -0.362. The van der Waals surface area contributed by atoms with Gasteiger partial charge in [0.15, 0.2) is 5.58 Å². The van der Waals surface area contributed by atoms with E-state index in [2.05, 4.69) is 10.3 Å². The van der Waals surface area contributed by atoms with Crippen LogP contribution in [0.15, 0.2) is 77.2 Å². The molecule has 0 aliphatic carbocycles. The molecule has 5 aromatic rings. The average molecular weight is 468 g/mol. The molecule has 1 aromatic heterocycles. The number of oxazole rings is 1. The first kappa shape index (κ1) is 19.9. The van der Waals surface area contributed by atoms with Crippen LogP contribution in [0.3, 0.4) is 0 Å². The van der Waals surface area contributed by atoms with Gasteiger partial charge >= 0.3 is 0 Å². The normalized spacial score (nSPS) is 11.2. The van der Waals surface area contributed by atoms with Crippen LogP contribution in [0.4, 0.5) is 5.69 Å². The molecule has 152 valence electrons. The molecule has 4 nitrogen and oxygen atoms in total. The highest BCUT2D eigenvalue weighted by molar-refractivity contribution is 6.36. The van der Waals surface area contributed by atoms with Crippen molar-refractivity contribution in [2.45, 2.75) is 0 Å². The molecule has 0 unspecified atom stereocenters. The number of nitrogens with zero attached hydrogens (tertiary/aromatic N) is 1. The van der Waals surface area contributed by atoms with Crippen LogP contribution in [-0.2, 0) is 0 Å². The SMILES string of the molecule is O=C(Nc1ccc2oc(-c3cccc4c(Cl)cccc34)nc2c1)c1cc(Cl)ccc1Cl. The number of anilines is 1. The van der Waals surface area contributed by atoms with Crippen molar-refractivity contribution in [1.29, 1.82) is 0 Å². The summed E-state index contributed by atoms with van der Waals surface area (Å²) in [6, 6.07) is 21.5. The number of fused-ring (bicyclic) bond motifs is 2. The molecule has 0 saturated carbocycles. The third kappa shape index (κ3) is 3.74. The molecule has 0 fully saturated rings. The molecule has 1 heterocycles. The third-order valence-electron chi connectivity index (χ3n) is 4.92. The van der Waals surface area contributed by atoms with E-state index in [4.69, 9.17) is 39.2 Å². The van der Waals surface area contributed by atoms with E-state index in [0.29, 0.717) is 43.3 Å². The summed E-state index contributed by atoms with van der Waals surface area (Å²) in [5.41, 5.74) is 2.92. The van der Waals surface area contributed by atoms with Gasteiger partial charge in [0.05, 0.1) is 10.6 Å². The van der Waals surface area contributed by atoms with Gasteiger partial charge in [0.25, 0.3) is 5.91 Å². The van der Waals surface area contributed by atoms with Crippen LogP contribution in [0.1, 0.15) is 10.4 Å². The molecule has 0 spiro atoms. The Morgan fingerprint density at radius 1 is 0.839 bits per heavy atom. The quantitative estimate of drug-likeness (QED) is 0.294. The van der Waals surface area contributed by atoms with Gasteiger partial charge in [-0.15, -0.1) is 0 Å². The number of amides is 1. The van der Waals surface area contributed by atoms with Crippen LogP contribution in [-0.4, -0.2) is 10.9 Å². The summed E-state index contributed by atoms with van der Waals surface area (Å²) in [6.07, 6.45) is 0. The molecular weight excluding hydrogens is 455 g/mol. The lowest BCUT2D eigenvalue weighted by molar-refractivity contribution is 0.102. The predicted molar refractivity (Wildman–Crippen MR) is 126 cm³/mol. The molecule has 4 aromatic carbocycles. The molecule has 5 rings (SSSR count). The van der Waals surface area contributed by atoms with E-state index >= 15 is 0 Å². The summed E-state index contributed by atoms with van der Waals surface area (Å²) < 4.78 is 5.98. The first-order valence-electron chi connectivity index (χ1n) is 9.34. The van der Waals surface area contributed by atoms with Crippen molar-refractivity contribution < 1.29 is 9.21 Å². The monoisotopic (exact) mass is 466 g/mol. The van der Waals surface area contributed by atoms with Crippen molar-refractivity contribution in [2.75, 3.05) is 5.32 Å². The average Bonchev–Trinajstić information content (AvgIpc) is 3.18. The Morgan fingerprint density at radius 2 is 1.65 bits per heavy atom. The van der Waals surface area contributed by atoms with Gasteiger partial charge in [-0.05, 0) is 53.9 Å². The van der Waals surface area contributed by atoms with E-state index in [1.54, 1.807) is 30.3 Å². The lowest BCUT2D eigenvalue weighted by atomic mass is 10.0. The number of benzene rings is 4. The zero-order valence-electron chi connectivity index (χ0n) is 15.8. The third-order valence-corrected chi connectivity index (χ3v) is 5.81. The molecule has 7 heteroatoms. The number of carbonyl (C=O) groups is 1. The van der Waals surface area contributed by atoms with Gasteiger partial charge in [-0.25, -0.2) is 4.98 Å². The highest BCUT2D eigenvalue weighted by Gasteiger charge is 2.15. The van der Waals surface area contributed by atoms with Crippen molar-refractivity contribution in [3.05, 3.63) is 93.4 Å². The zero-order valence-corrected chi connectivity index (χ0v) is 18.1. The Hall–Kier alpha value is -3.05. The summed E-state index contributed by atoms with van der Waals surface area (Å²) in [7, 11) is 0. The number of aromatic nitrogens is 1. The largest absolute Gasteiger partial charge is 0.436 e. The lowest BCUT2D eigenvalue weighted by Gasteiger charge is -2.07. The summed E-state index contributed by atoms with van der Waals surface area (Å²) in [5, 5.41) is 6.12. The van der Waals surface area contributed by atoms with Gasteiger partial charge in [-0.3, -0.25) is 4.79 Å². The summed E-state index contributed by atoms with van der Waals surface area (Å²) in [5.74, 6) is 0.114. The Kier molecular flexibility index (Phi) is 5.06. The van der Waals surface area contributed by atoms with E-state index in [0.717, 1.165) is 16.3 Å². The standard InChI is InChI=1S/C24H13Cl3N2O2/c25-13-7-9-20(27)18(11-13)23(30)28-14-8-10-22-21(12-14)29-24(31-22)17-5-1-4-16-15(17)3-2-6-19(16)26/h1-12H,(H,28,30). The molecule has 1 N–H and O–H groups in total. The minimum Gasteiger partial charge on any atom is -0.436 e. The summed E-state index contributed by atoms with van der Waals surface area (Å²) in [4.78, 5) is 17.2. The van der Waals surface area contributed by atoms with Crippen LogP contribution in [0.25, 0.3) is 33.3 Å². The lowest BCUT2D eigenvalue weighted by Crippen LogP contribution is -2.12. The zero-order chi connectivity index (χ0) is 21.5. The molecule has 0 aliphatic rings. The maximum atomic E-state index is 12.6. The number of carbonyl (C=O) groups excluding carboxylic acids is 1. The minimum absolute atomic E-state index is 0.294. The Labute approximate surface area is 192 Å². The number of hydrogen-bond acceptors (Lipinski definition) is 3. The van der Waals surface area contributed by atoms with Crippen molar-refractivity contribution in [1.82, 2.24) is 4.98 Å². The smallest absolute Gasteiger partial charge is 0.257 e. The first-order valence-corrected chi connectivity index (χ1v) is 10.5. The predicted octanol–water partition coefficient (Wildman–Crippen LogP) is 7.86. The molecule has 0 saturated heterocycles. The molecule has 31 heavy (non-hydrogen) atoms. The molecule has 0 bridgehead atoms. The van der Waals surface area contributed by atoms with E-state index in [-0.39, 0.29) is 5.91 Å². The van der Waals surface area contributed by atoms with Gasteiger partial charge in [0.1, 0.15) is 5.52 Å². The number of rotatable bonds is 3. The van der Waals surface area contributed by atoms with Gasteiger partial charge in [-0.1, -0.05) is 59.1 Å². The molecule has 0 aliphatic heterocycles. The second kappa shape index (κ2) is 7.89. The van der Waals surface area contributed by atoms with Crippen molar-refractivity contribution >= 4 is 68.3 Å². The fraction of sp³-hybridized carbons (Fsp3) is 0. The molecular formula is C24H13Cl3N2O2. The highest BCUT2D eigenvalue weighted by atomic mass is 35.5. The summed E-state index contributed by atoms with van der Waals surface area (Å²) in [6.45, 7) is 0. The maximum absolute atomic E-state index is 12.6. The fourth-order valence-electron chi connectivity index (χ4n) is 3.45. The second-order valence-electron chi connectivity index (χ2n) is 6.92. The van der Waals surface area contributed by atoms with Crippen molar-refractivity contribution in [3.63, 3.8) is 0 Å². The van der Waals surface area contributed by atoms with Crippen molar-refractivity contribution in [2.24, 2.45) is 0 Å². The number of halogens is 3. The van der Waals surface area contributed by atoms with E-state index < -0.39 is 0 Å². The second-order valence-corrected chi connectivity index (χ2v) is 8.17. The van der Waals surface area contributed by atoms with E-state index in [1.807, 2.05) is 36.4 Å². The van der Waals surface area contributed by atoms with E-state index in [9.17, 15) is 4.79 Å². The van der Waals surface area contributed by atoms with Gasteiger partial charge in [0.2, 0.25) is 5.89 Å². The van der Waals surface area contributed by atoms with Gasteiger partial charge in [0, 0.05) is 26.7 Å². The van der Waals surface area contributed by atoms with E-state index in [1.165, 1.54) is 6.07 Å². The molecule has 0 radical (unpaired) electrons. The topological polar surface area (TPSA) is 55.1 Å². The number of nitrogens with one attached hydrogen (secondary N) is 1. The number of hydrogen-bond donors (Lipinski definition) is 1. The Morgan fingerprint density at radius 3 is 2.52 bits per heavy atom. The van der Waals surface area contributed by atoms with Crippen molar-refractivity contribution in [3.8, 4) is 11.5 Å². The highest BCUT2D eigenvalue weighted by Crippen LogP contribution is 2.34. The Bertz CT molecular complexity index is 1480. The summed E-state index contributed by atoms with van der Waals surface area (Å²) >= 11 is 18.4. The van der Waals surface area contributed by atoms with Crippen LogP contribution < -0.4 is 5.32 Å².